The van der Waals surface area contributed by atoms with Crippen LogP contribution in [0.1, 0.15) is 49.8 Å². The van der Waals surface area contributed by atoms with Gasteiger partial charge < -0.3 is 20.0 Å². The number of nitrogens with one attached hydrogen (secondary N) is 2. The number of benzene rings is 1. The lowest BCUT2D eigenvalue weighted by Gasteiger charge is -2.36. The molecule has 0 atom stereocenters. The van der Waals surface area contributed by atoms with Gasteiger partial charge >= 0.3 is 0 Å². The molecule has 1 aromatic carbocycles. The van der Waals surface area contributed by atoms with Gasteiger partial charge in [0.15, 0.2) is 5.96 Å². The van der Waals surface area contributed by atoms with Gasteiger partial charge in [0.2, 0.25) is 0 Å². The first-order chi connectivity index (χ1) is 14.4. The molecule has 2 heterocycles. The Kier molecular flexibility index (Phi) is 7.24. The fraction of sp³-hybridized carbons (Fsp3) is 0.542. The molecular weight excluding hydrogens is 360 g/mol. The Hall–Kier alpha value is -2.27. The molecule has 2 N–H and O–H groups in total. The van der Waals surface area contributed by atoms with E-state index in [1.807, 2.05) is 18.2 Å². The summed E-state index contributed by atoms with van der Waals surface area (Å²) < 4.78 is 5.45. The van der Waals surface area contributed by atoms with Crippen molar-refractivity contribution in [3.63, 3.8) is 0 Å². The smallest absolute Gasteiger partial charge is 0.191 e. The Labute approximate surface area is 174 Å². The zero-order chi connectivity index (χ0) is 19.7. The second-order valence-electron chi connectivity index (χ2n) is 8.30. The first-order valence-electron chi connectivity index (χ1n) is 11.2. The second-order valence-corrected chi connectivity index (χ2v) is 8.30. The molecule has 0 unspecified atom stereocenters. The Morgan fingerprint density at radius 3 is 2.52 bits per heavy atom. The van der Waals surface area contributed by atoms with E-state index in [1.165, 1.54) is 57.2 Å². The molecule has 1 aliphatic carbocycles. The first-order valence-corrected chi connectivity index (χ1v) is 11.2. The van der Waals surface area contributed by atoms with Crippen LogP contribution in [0, 0.1) is 0 Å². The molecule has 0 radical (unpaired) electrons. The van der Waals surface area contributed by atoms with Crippen molar-refractivity contribution in [3.05, 3.63) is 60.1 Å². The third-order valence-electron chi connectivity index (χ3n) is 6.22. The number of nitrogens with zero attached hydrogens (tertiary/aromatic N) is 2. The molecule has 156 valence electrons. The molecule has 1 aromatic heterocycles. The van der Waals surface area contributed by atoms with Crippen LogP contribution in [-0.4, -0.2) is 42.6 Å². The number of aliphatic imine (C=N–C) groups is 1. The van der Waals surface area contributed by atoms with Gasteiger partial charge in [-0.25, -0.2) is 4.99 Å². The van der Waals surface area contributed by atoms with Crippen molar-refractivity contribution in [1.82, 2.24) is 15.5 Å². The largest absolute Gasteiger partial charge is 0.469 e. The molecule has 1 aliphatic heterocycles. The van der Waals surface area contributed by atoms with E-state index < -0.39 is 0 Å². The van der Waals surface area contributed by atoms with Gasteiger partial charge in [-0.05, 0) is 43.4 Å². The van der Waals surface area contributed by atoms with Crippen LogP contribution in [0.5, 0.6) is 0 Å². The first kappa shape index (κ1) is 20.0. The lowest BCUT2D eigenvalue weighted by molar-refractivity contribution is 0.150. The highest BCUT2D eigenvalue weighted by Gasteiger charge is 2.27. The van der Waals surface area contributed by atoms with Crippen LogP contribution in [-0.2, 0) is 13.0 Å². The lowest BCUT2D eigenvalue weighted by Crippen LogP contribution is -2.50. The van der Waals surface area contributed by atoms with Crippen molar-refractivity contribution in [2.24, 2.45) is 4.99 Å². The molecular formula is C24H34N4O. The molecule has 0 bridgehead atoms. The summed E-state index contributed by atoms with van der Waals surface area (Å²) in [5, 5.41) is 7.21. The summed E-state index contributed by atoms with van der Waals surface area (Å²) in [6.07, 6.45) is 10.6. The van der Waals surface area contributed by atoms with Gasteiger partial charge in [-0.3, -0.25) is 0 Å². The van der Waals surface area contributed by atoms with Crippen molar-refractivity contribution >= 4 is 5.96 Å². The van der Waals surface area contributed by atoms with E-state index in [9.17, 15) is 0 Å². The molecule has 5 nitrogen and oxygen atoms in total. The van der Waals surface area contributed by atoms with Crippen molar-refractivity contribution in [2.75, 3.05) is 19.6 Å². The molecule has 2 aliphatic rings. The summed E-state index contributed by atoms with van der Waals surface area (Å²) in [4.78, 5) is 7.57. The van der Waals surface area contributed by atoms with Crippen LogP contribution in [0.25, 0.3) is 0 Å². The molecule has 2 fully saturated rings. The maximum Gasteiger partial charge on any atom is 0.191 e. The number of hydrogen-bond acceptors (Lipinski definition) is 3. The number of piperidine rings is 1. The van der Waals surface area contributed by atoms with E-state index in [1.54, 1.807) is 6.26 Å². The number of furan rings is 1. The molecule has 0 amide bonds. The average Bonchev–Trinajstić information content (AvgIpc) is 3.48. The third-order valence-corrected chi connectivity index (χ3v) is 6.22. The van der Waals surface area contributed by atoms with E-state index in [0.29, 0.717) is 12.6 Å². The SMILES string of the molecule is c1ccc(CN=C(NCCc2ccco2)NC2CCN(C3CCCC3)CC2)cc1. The predicted octanol–water partition coefficient (Wildman–Crippen LogP) is 3.96. The highest BCUT2D eigenvalue weighted by atomic mass is 16.3. The number of hydrogen-bond donors (Lipinski definition) is 2. The van der Waals surface area contributed by atoms with Gasteiger partial charge in [-0.15, -0.1) is 0 Å². The molecule has 1 saturated heterocycles. The zero-order valence-corrected chi connectivity index (χ0v) is 17.4. The third kappa shape index (κ3) is 6.10. The van der Waals surface area contributed by atoms with Gasteiger partial charge in [0.05, 0.1) is 12.8 Å². The van der Waals surface area contributed by atoms with E-state index in [0.717, 1.165) is 30.7 Å². The molecule has 2 aromatic rings. The summed E-state index contributed by atoms with van der Waals surface area (Å²) in [6, 6.07) is 15.7. The van der Waals surface area contributed by atoms with Crippen LogP contribution < -0.4 is 10.6 Å². The number of likely N-dealkylation sites (tertiary alicyclic amines) is 1. The maximum absolute atomic E-state index is 5.45. The minimum absolute atomic E-state index is 0.498. The quantitative estimate of drug-likeness (QED) is 0.551. The van der Waals surface area contributed by atoms with Crippen molar-refractivity contribution in [2.45, 2.75) is 63.6 Å². The van der Waals surface area contributed by atoms with E-state index in [4.69, 9.17) is 9.41 Å². The summed E-state index contributed by atoms with van der Waals surface area (Å²) in [7, 11) is 0. The molecule has 5 heteroatoms. The monoisotopic (exact) mass is 394 g/mol. The molecule has 0 spiro atoms. The van der Waals surface area contributed by atoms with Crippen LogP contribution in [0.15, 0.2) is 58.1 Å². The summed E-state index contributed by atoms with van der Waals surface area (Å²) >= 11 is 0. The van der Waals surface area contributed by atoms with Crippen LogP contribution in [0.3, 0.4) is 0 Å². The van der Waals surface area contributed by atoms with Gasteiger partial charge in [0.1, 0.15) is 5.76 Å². The normalized spacial score (nSPS) is 19.5. The van der Waals surface area contributed by atoms with Gasteiger partial charge in [-0.1, -0.05) is 43.2 Å². The summed E-state index contributed by atoms with van der Waals surface area (Å²) in [5.41, 5.74) is 1.23. The Morgan fingerprint density at radius 1 is 1.00 bits per heavy atom. The Balaban J connectivity index is 1.30. The molecule has 4 rings (SSSR count). The number of rotatable bonds is 7. The fourth-order valence-corrected chi connectivity index (χ4v) is 4.54. The standard InChI is InChI=1S/C24H34N4O/c1-2-7-20(8-3-1)19-26-24(25-15-12-23-11-6-18-29-23)27-21-13-16-28(17-14-21)22-9-4-5-10-22/h1-3,6-8,11,18,21-22H,4-5,9-10,12-17,19H2,(H2,25,26,27). The summed E-state index contributed by atoms with van der Waals surface area (Å²) in [5.74, 6) is 1.92. The second kappa shape index (κ2) is 10.5. The van der Waals surface area contributed by atoms with Crippen LogP contribution in [0.2, 0.25) is 0 Å². The Bertz CT molecular complexity index is 730. The minimum Gasteiger partial charge on any atom is -0.469 e. The fourth-order valence-electron chi connectivity index (χ4n) is 4.54. The zero-order valence-electron chi connectivity index (χ0n) is 17.4. The van der Waals surface area contributed by atoms with Gasteiger partial charge in [0, 0.05) is 38.1 Å². The predicted molar refractivity (Wildman–Crippen MR) is 118 cm³/mol. The topological polar surface area (TPSA) is 52.8 Å². The number of guanidine groups is 1. The highest BCUT2D eigenvalue weighted by molar-refractivity contribution is 5.80. The van der Waals surface area contributed by atoms with Crippen molar-refractivity contribution < 1.29 is 4.42 Å². The molecule has 1 saturated carbocycles. The summed E-state index contributed by atoms with van der Waals surface area (Å²) in [6.45, 7) is 3.92. The maximum atomic E-state index is 5.45. The highest BCUT2D eigenvalue weighted by Crippen LogP contribution is 2.26. The molecule has 29 heavy (non-hydrogen) atoms. The van der Waals surface area contributed by atoms with Crippen LogP contribution in [0.4, 0.5) is 0 Å². The van der Waals surface area contributed by atoms with E-state index >= 15 is 0 Å². The van der Waals surface area contributed by atoms with E-state index in [-0.39, 0.29) is 0 Å². The van der Waals surface area contributed by atoms with Gasteiger partial charge in [-0.2, -0.15) is 0 Å². The average molecular weight is 395 g/mol. The lowest BCUT2D eigenvalue weighted by atomic mass is 10.0. The van der Waals surface area contributed by atoms with Crippen molar-refractivity contribution in [3.8, 4) is 0 Å². The van der Waals surface area contributed by atoms with Crippen molar-refractivity contribution in [1.29, 1.82) is 0 Å². The van der Waals surface area contributed by atoms with Gasteiger partial charge in [0.25, 0.3) is 0 Å². The van der Waals surface area contributed by atoms with E-state index in [2.05, 4.69) is 39.8 Å². The minimum atomic E-state index is 0.498. The Morgan fingerprint density at radius 2 is 1.79 bits per heavy atom. The van der Waals surface area contributed by atoms with Crippen LogP contribution >= 0.6 is 0 Å².